The van der Waals surface area contributed by atoms with Crippen LogP contribution in [0, 0.1) is 13.8 Å². The van der Waals surface area contributed by atoms with Gasteiger partial charge in [-0.15, -0.1) is 0 Å². The SMILES string of the molecule is Cc1cc(C)nc(N2CCOC(c3cnccn3)C2)n1. The summed E-state index contributed by atoms with van der Waals surface area (Å²) in [5.74, 6) is 0.764. The third-order valence-corrected chi connectivity index (χ3v) is 3.23. The van der Waals surface area contributed by atoms with Gasteiger partial charge in [-0.3, -0.25) is 9.97 Å². The van der Waals surface area contributed by atoms with E-state index < -0.39 is 0 Å². The number of anilines is 1. The first-order valence-corrected chi connectivity index (χ1v) is 6.67. The Balaban J connectivity index is 1.81. The number of aromatic nitrogens is 4. The van der Waals surface area contributed by atoms with Gasteiger partial charge in [-0.1, -0.05) is 0 Å². The molecule has 1 atom stereocenters. The van der Waals surface area contributed by atoms with Crippen LogP contribution in [0.3, 0.4) is 0 Å². The van der Waals surface area contributed by atoms with Crippen molar-refractivity contribution in [3.05, 3.63) is 41.7 Å². The minimum absolute atomic E-state index is 0.0816. The molecule has 1 unspecified atom stereocenters. The van der Waals surface area contributed by atoms with E-state index in [1.54, 1.807) is 18.6 Å². The summed E-state index contributed by atoms with van der Waals surface area (Å²) in [5.41, 5.74) is 2.81. The predicted molar refractivity (Wildman–Crippen MR) is 74.4 cm³/mol. The van der Waals surface area contributed by atoms with Crippen LogP contribution in [0.25, 0.3) is 0 Å². The van der Waals surface area contributed by atoms with Gasteiger partial charge in [0, 0.05) is 30.3 Å². The Labute approximate surface area is 117 Å². The average Bonchev–Trinajstić information content (AvgIpc) is 2.47. The second-order valence-electron chi connectivity index (χ2n) is 4.89. The van der Waals surface area contributed by atoms with Gasteiger partial charge >= 0.3 is 0 Å². The lowest BCUT2D eigenvalue weighted by Gasteiger charge is -2.32. The summed E-state index contributed by atoms with van der Waals surface area (Å²) < 4.78 is 5.78. The number of rotatable bonds is 2. The van der Waals surface area contributed by atoms with Crippen molar-refractivity contribution >= 4 is 5.95 Å². The first kappa shape index (κ1) is 12.9. The Morgan fingerprint density at radius 3 is 2.70 bits per heavy atom. The molecule has 1 aliphatic heterocycles. The highest BCUT2D eigenvalue weighted by molar-refractivity contribution is 5.33. The van der Waals surface area contributed by atoms with Crippen LogP contribution in [0.4, 0.5) is 5.95 Å². The van der Waals surface area contributed by atoms with Gasteiger partial charge in [0.25, 0.3) is 0 Å². The molecule has 1 aliphatic rings. The molecule has 3 rings (SSSR count). The van der Waals surface area contributed by atoms with E-state index in [0.29, 0.717) is 13.2 Å². The van der Waals surface area contributed by atoms with Gasteiger partial charge in [0.1, 0.15) is 6.10 Å². The maximum atomic E-state index is 5.78. The van der Waals surface area contributed by atoms with Crippen LogP contribution in [0.15, 0.2) is 24.7 Å². The fourth-order valence-electron chi connectivity index (χ4n) is 2.34. The van der Waals surface area contributed by atoms with Crippen LogP contribution < -0.4 is 4.90 Å². The van der Waals surface area contributed by atoms with Crippen LogP contribution in [-0.2, 0) is 4.74 Å². The standard InChI is InChI=1S/C14H17N5O/c1-10-7-11(2)18-14(17-10)19-5-6-20-13(9-19)12-8-15-3-4-16-12/h3-4,7-8,13H,5-6,9H2,1-2H3. The summed E-state index contributed by atoms with van der Waals surface area (Å²) in [6, 6.07) is 1.98. The van der Waals surface area contributed by atoms with E-state index in [0.717, 1.165) is 29.6 Å². The number of aryl methyl sites for hydroxylation is 2. The van der Waals surface area contributed by atoms with Crippen LogP contribution in [0.5, 0.6) is 0 Å². The summed E-state index contributed by atoms with van der Waals surface area (Å²) in [4.78, 5) is 19.6. The molecular formula is C14H17N5O. The second-order valence-corrected chi connectivity index (χ2v) is 4.89. The molecule has 0 bridgehead atoms. The van der Waals surface area contributed by atoms with Crippen molar-refractivity contribution in [3.63, 3.8) is 0 Å². The average molecular weight is 271 g/mol. The predicted octanol–water partition coefficient (Wildman–Crippen LogP) is 1.46. The van der Waals surface area contributed by atoms with Crippen LogP contribution in [-0.4, -0.2) is 39.6 Å². The fraction of sp³-hybridized carbons (Fsp3) is 0.429. The minimum Gasteiger partial charge on any atom is -0.368 e. The molecule has 2 aromatic rings. The Morgan fingerprint density at radius 1 is 1.20 bits per heavy atom. The Bertz CT molecular complexity index is 569. The highest BCUT2D eigenvalue weighted by Crippen LogP contribution is 2.22. The summed E-state index contributed by atoms with van der Waals surface area (Å²) >= 11 is 0. The zero-order valence-corrected chi connectivity index (χ0v) is 11.7. The Morgan fingerprint density at radius 2 is 2.00 bits per heavy atom. The van der Waals surface area contributed by atoms with Gasteiger partial charge in [0.15, 0.2) is 0 Å². The Hall–Kier alpha value is -2.08. The van der Waals surface area contributed by atoms with Gasteiger partial charge in [-0.2, -0.15) is 0 Å². The van der Waals surface area contributed by atoms with Crippen LogP contribution in [0.2, 0.25) is 0 Å². The zero-order valence-electron chi connectivity index (χ0n) is 11.7. The maximum Gasteiger partial charge on any atom is 0.225 e. The van der Waals surface area contributed by atoms with Gasteiger partial charge in [-0.05, 0) is 19.9 Å². The first-order chi connectivity index (χ1) is 9.72. The first-order valence-electron chi connectivity index (χ1n) is 6.67. The highest BCUT2D eigenvalue weighted by Gasteiger charge is 2.25. The summed E-state index contributed by atoms with van der Waals surface area (Å²) in [6.07, 6.45) is 5.01. The lowest BCUT2D eigenvalue weighted by atomic mass is 10.2. The second kappa shape index (κ2) is 5.50. The van der Waals surface area contributed by atoms with E-state index in [9.17, 15) is 0 Å². The molecular weight excluding hydrogens is 254 g/mol. The molecule has 6 heteroatoms. The van der Waals surface area contributed by atoms with E-state index >= 15 is 0 Å². The van der Waals surface area contributed by atoms with Crippen molar-refractivity contribution < 1.29 is 4.74 Å². The molecule has 104 valence electrons. The summed E-state index contributed by atoms with van der Waals surface area (Å²) in [7, 11) is 0. The van der Waals surface area contributed by atoms with E-state index in [-0.39, 0.29) is 6.10 Å². The molecule has 1 saturated heterocycles. The largest absolute Gasteiger partial charge is 0.368 e. The van der Waals surface area contributed by atoms with Crippen molar-refractivity contribution in [2.45, 2.75) is 20.0 Å². The van der Waals surface area contributed by atoms with Crippen LogP contribution >= 0.6 is 0 Å². The minimum atomic E-state index is -0.0816. The van der Waals surface area contributed by atoms with Gasteiger partial charge in [-0.25, -0.2) is 9.97 Å². The molecule has 0 aliphatic carbocycles. The number of nitrogens with zero attached hydrogens (tertiary/aromatic N) is 5. The molecule has 0 N–H and O–H groups in total. The highest BCUT2D eigenvalue weighted by atomic mass is 16.5. The normalized spacial score (nSPS) is 19.1. The lowest BCUT2D eigenvalue weighted by Crippen LogP contribution is -2.39. The molecule has 0 aromatic carbocycles. The van der Waals surface area contributed by atoms with Crippen molar-refractivity contribution in [1.29, 1.82) is 0 Å². The summed E-state index contributed by atoms with van der Waals surface area (Å²) in [6.45, 7) is 6.09. The fourth-order valence-corrected chi connectivity index (χ4v) is 2.34. The molecule has 0 amide bonds. The molecule has 20 heavy (non-hydrogen) atoms. The van der Waals surface area contributed by atoms with Gasteiger partial charge < -0.3 is 9.64 Å². The van der Waals surface area contributed by atoms with E-state index in [4.69, 9.17) is 4.74 Å². The molecule has 0 radical (unpaired) electrons. The number of morpholine rings is 1. The van der Waals surface area contributed by atoms with E-state index in [1.807, 2.05) is 19.9 Å². The van der Waals surface area contributed by atoms with E-state index in [1.165, 1.54) is 0 Å². The number of ether oxygens (including phenoxy) is 1. The molecule has 0 saturated carbocycles. The van der Waals surface area contributed by atoms with E-state index in [2.05, 4.69) is 24.8 Å². The summed E-state index contributed by atoms with van der Waals surface area (Å²) in [5, 5.41) is 0. The molecule has 1 fully saturated rings. The number of hydrogen-bond donors (Lipinski definition) is 0. The van der Waals surface area contributed by atoms with Crippen molar-refractivity contribution in [2.24, 2.45) is 0 Å². The zero-order chi connectivity index (χ0) is 13.9. The quantitative estimate of drug-likeness (QED) is 0.824. The third kappa shape index (κ3) is 2.75. The maximum absolute atomic E-state index is 5.78. The topological polar surface area (TPSA) is 64.0 Å². The third-order valence-electron chi connectivity index (χ3n) is 3.23. The van der Waals surface area contributed by atoms with Gasteiger partial charge in [0.05, 0.1) is 25.0 Å². The van der Waals surface area contributed by atoms with Crippen molar-refractivity contribution in [2.75, 3.05) is 24.6 Å². The molecule has 0 spiro atoms. The van der Waals surface area contributed by atoms with Crippen LogP contribution in [0.1, 0.15) is 23.2 Å². The smallest absolute Gasteiger partial charge is 0.225 e. The molecule has 6 nitrogen and oxygen atoms in total. The molecule has 2 aromatic heterocycles. The van der Waals surface area contributed by atoms with Crippen molar-refractivity contribution in [3.8, 4) is 0 Å². The van der Waals surface area contributed by atoms with Crippen molar-refractivity contribution in [1.82, 2.24) is 19.9 Å². The van der Waals surface area contributed by atoms with Gasteiger partial charge in [0.2, 0.25) is 5.95 Å². The number of hydrogen-bond acceptors (Lipinski definition) is 6. The lowest BCUT2D eigenvalue weighted by molar-refractivity contribution is 0.0362. The Kier molecular flexibility index (Phi) is 3.56. The molecule has 3 heterocycles. The monoisotopic (exact) mass is 271 g/mol.